The molecule has 0 aromatic heterocycles. The minimum absolute atomic E-state index is 0.0850. The summed E-state index contributed by atoms with van der Waals surface area (Å²) in [5, 5.41) is 2.57. The number of methoxy groups -OCH3 is 1. The van der Waals surface area contributed by atoms with Crippen molar-refractivity contribution in [1.29, 1.82) is 0 Å². The Hall–Kier alpha value is -1.29. The zero-order valence-corrected chi connectivity index (χ0v) is 8.97. The Balaban J connectivity index is 2.66. The number of amides is 1. The van der Waals surface area contributed by atoms with Crippen LogP contribution in [0.3, 0.4) is 0 Å². The summed E-state index contributed by atoms with van der Waals surface area (Å²) in [6.07, 6.45) is 0. The number of ether oxygens (including phenoxy) is 1. The lowest BCUT2D eigenvalue weighted by Gasteiger charge is -2.06. The third-order valence-electron chi connectivity index (χ3n) is 1.83. The number of carbonyl (C=O) groups is 1. The number of rotatable bonds is 4. The highest BCUT2D eigenvalue weighted by Crippen LogP contribution is 2.17. The van der Waals surface area contributed by atoms with Crippen molar-refractivity contribution in [2.45, 2.75) is 6.54 Å². The van der Waals surface area contributed by atoms with Gasteiger partial charge < -0.3 is 10.1 Å². The molecule has 82 valence electrons. The van der Waals surface area contributed by atoms with Crippen LogP contribution in [-0.2, 0) is 11.3 Å². The molecule has 0 aliphatic carbocycles. The average Bonchev–Trinajstić information content (AvgIpc) is 2.27. The molecule has 0 aliphatic heterocycles. The summed E-state index contributed by atoms with van der Waals surface area (Å²) < 4.78 is 17.8. The molecule has 0 heterocycles. The summed E-state index contributed by atoms with van der Waals surface area (Å²) >= 11 is 5.31. The molecule has 0 unspecified atom stereocenters. The molecule has 1 amide bonds. The van der Waals surface area contributed by atoms with Crippen LogP contribution in [-0.4, -0.2) is 18.9 Å². The predicted octanol–water partition coefficient (Wildman–Crippen LogP) is 1.69. The van der Waals surface area contributed by atoms with Crippen LogP contribution in [0.5, 0.6) is 5.75 Å². The highest BCUT2D eigenvalue weighted by molar-refractivity contribution is 6.27. The molecule has 0 aliphatic rings. The van der Waals surface area contributed by atoms with Gasteiger partial charge in [0.25, 0.3) is 0 Å². The van der Waals surface area contributed by atoms with Gasteiger partial charge in [-0.3, -0.25) is 4.79 Å². The molecule has 15 heavy (non-hydrogen) atoms. The zero-order chi connectivity index (χ0) is 11.3. The second-order valence-electron chi connectivity index (χ2n) is 2.88. The van der Waals surface area contributed by atoms with Gasteiger partial charge in [-0.1, -0.05) is 6.07 Å². The van der Waals surface area contributed by atoms with Crippen LogP contribution in [0.15, 0.2) is 18.2 Å². The van der Waals surface area contributed by atoms with Crippen LogP contribution in [0.25, 0.3) is 0 Å². The van der Waals surface area contributed by atoms with Crippen LogP contribution in [0.1, 0.15) is 5.56 Å². The number of hydrogen-bond donors (Lipinski definition) is 1. The molecular weight excluding hydrogens is 221 g/mol. The number of hydrogen-bond acceptors (Lipinski definition) is 2. The van der Waals surface area contributed by atoms with E-state index < -0.39 is 5.82 Å². The molecule has 1 aromatic rings. The van der Waals surface area contributed by atoms with E-state index in [9.17, 15) is 9.18 Å². The van der Waals surface area contributed by atoms with Crippen molar-refractivity contribution in [3.05, 3.63) is 29.6 Å². The van der Waals surface area contributed by atoms with E-state index >= 15 is 0 Å². The van der Waals surface area contributed by atoms with Crippen molar-refractivity contribution in [3.63, 3.8) is 0 Å². The first-order valence-electron chi connectivity index (χ1n) is 4.32. The van der Waals surface area contributed by atoms with E-state index in [0.717, 1.165) is 5.56 Å². The van der Waals surface area contributed by atoms with Gasteiger partial charge in [0.1, 0.15) is 5.88 Å². The summed E-state index contributed by atoms with van der Waals surface area (Å²) in [6, 6.07) is 4.40. The monoisotopic (exact) mass is 231 g/mol. The fraction of sp³-hybridized carbons (Fsp3) is 0.300. The van der Waals surface area contributed by atoms with Crippen molar-refractivity contribution in [2.24, 2.45) is 0 Å². The van der Waals surface area contributed by atoms with Gasteiger partial charge in [0, 0.05) is 6.54 Å². The van der Waals surface area contributed by atoms with E-state index in [1.165, 1.54) is 19.2 Å². The molecule has 0 bridgehead atoms. The van der Waals surface area contributed by atoms with E-state index in [4.69, 9.17) is 16.3 Å². The Bertz CT molecular complexity index is 357. The van der Waals surface area contributed by atoms with Crippen LogP contribution >= 0.6 is 11.6 Å². The van der Waals surface area contributed by atoms with Crippen LogP contribution in [0.4, 0.5) is 4.39 Å². The quantitative estimate of drug-likeness (QED) is 0.801. The van der Waals surface area contributed by atoms with Gasteiger partial charge in [-0.25, -0.2) is 4.39 Å². The Morgan fingerprint density at radius 3 is 2.93 bits per heavy atom. The van der Waals surface area contributed by atoms with Gasteiger partial charge >= 0.3 is 0 Å². The fourth-order valence-electron chi connectivity index (χ4n) is 1.06. The molecule has 0 fully saturated rings. The second-order valence-corrected chi connectivity index (χ2v) is 3.15. The molecule has 0 spiro atoms. The Morgan fingerprint density at radius 2 is 2.33 bits per heavy atom. The molecule has 1 rings (SSSR count). The van der Waals surface area contributed by atoms with Crippen molar-refractivity contribution < 1.29 is 13.9 Å². The lowest BCUT2D eigenvalue weighted by molar-refractivity contribution is -0.118. The first-order chi connectivity index (χ1) is 7.17. The summed E-state index contributed by atoms with van der Waals surface area (Å²) in [5.74, 6) is -0.615. The van der Waals surface area contributed by atoms with Gasteiger partial charge in [0.2, 0.25) is 5.91 Å². The van der Waals surface area contributed by atoms with Gasteiger partial charge in [0.15, 0.2) is 11.6 Å². The molecular formula is C10H11ClFNO2. The third kappa shape index (κ3) is 3.40. The minimum Gasteiger partial charge on any atom is -0.494 e. The SMILES string of the molecule is COc1cc(CNC(=O)CCl)ccc1F. The molecule has 0 saturated heterocycles. The smallest absolute Gasteiger partial charge is 0.235 e. The lowest BCUT2D eigenvalue weighted by atomic mass is 10.2. The fourth-order valence-corrected chi connectivity index (χ4v) is 1.16. The largest absolute Gasteiger partial charge is 0.494 e. The zero-order valence-electron chi connectivity index (χ0n) is 8.22. The lowest BCUT2D eigenvalue weighted by Crippen LogP contribution is -2.23. The highest BCUT2D eigenvalue weighted by atomic mass is 35.5. The molecule has 0 atom stereocenters. The summed E-state index contributed by atoms with van der Waals surface area (Å²) in [7, 11) is 1.39. The molecule has 3 nitrogen and oxygen atoms in total. The topological polar surface area (TPSA) is 38.3 Å². The van der Waals surface area contributed by atoms with Gasteiger partial charge in [-0.2, -0.15) is 0 Å². The van der Waals surface area contributed by atoms with Crippen molar-refractivity contribution in [3.8, 4) is 5.75 Å². The second kappa shape index (κ2) is 5.56. The average molecular weight is 232 g/mol. The predicted molar refractivity (Wildman–Crippen MR) is 55.5 cm³/mol. The molecule has 0 radical (unpaired) electrons. The van der Waals surface area contributed by atoms with Gasteiger partial charge in [0.05, 0.1) is 7.11 Å². The first kappa shape index (κ1) is 11.8. The summed E-state index contributed by atoms with van der Waals surface area (Å²) in [4.78, 5) is 10.9. The minimum atomic E-state index is -0.426. The Morgan fingerprint density at radius 1 is 1.60 bits per heavy atom. The number of halogens is 2. The van der Waals surface area contributed by atoms with Crippen LogP contribution < -0.4 is 10.1 Å². The van der Waals surface area contributed by atoms with Gasteiger partial charge in [-0.15, -0.1) is 11.6 Å². The molecule has 1 N–H and O–H groups in total. The van der Waals surface area contributed by atoms with E-state index in [2.05, 4.69) is 5.32 Å². The number of alkyl halides is 1. The maximum Gasteiger partial charge on any atom is 0.235 e. The maximum absolute atomic E-state index is 13.0. The highest BCUT2D eigenvalue weighted by Gasteiger charge is 2.04. The Labute approximate surface area is 92.2 Å². The van der Waals surface area contributed by atoms with Crippen LogP contribution in [0, 0.1) is 5.82 Å². The standard InChI is InChI=1S/C10H11ClFNO2/c1-15-9-4-7(2-3-8(9)12)6-13-10(14)5-11/h2-4H,5-6H2,1H3,(H,13,14). The molecule has 0 saturated carbocycles. The van der Waals surface area contributed by atoms with E-state index in [1.807, 2.05) is 0 Å². The first-order valence-corrected chi connectivity index (χ1v) is 4.86. The molecule has 5 heteroatoms. The van der Waals surface area contributed by atoms with E-state index in [0.29, 0.717) is 6.54 Å². The summed E-state index contributed by atoms with van der Waals surface area (Å²) in [6.45, 7) is 0.308. The Kier molecular flexibility index (Phi) is 4.37. The molecule has 1 aromatic carbocycles. The number of carbonyl (C=O) groups excluding carboxylic acids is 1. The summed E-state index contributed by atoms with van der Waals surface area (Å²) in [5.41, 5.74) is 0.756. The van der Waals surface area contributed by atoms with E-state index in [-0.39, 0.29) is 17.5 Å². The number of nitrogens with one attached hydrogen (secondary N) is 1. The van der Waals surface area contributed by atoms with Crippen molar-refractivity contribution in [2.75, 3.05) is 13.0 Å². The van der Waals surface area contributed by atoms with Crippen molar-refractivity contribution in [1.82, 2.24) is 5.32 Å². The maximum atomic E-state index is 13.0. The third-order valence-corrected chi connectivity index (χ3v) is 2.07. The van der Waals surface area contributed by atoms with E-state index in [1.54, 1.807) is 6.07 Å². The normalized spacial score (nSPS) is 9.80. The van der Waals surface area contributed by atoms with Crippen molar-refractivity contribution >= 4 is 17.5 Å². The number of benzene rings is 1. The van der Waals surface area contributed by atoms with Gasteiger partial charge in [-0.05, 0) is 17.7 Å². The van der Waals surface area contributed by atoms with Crippen LogP contribution in [0.2, 0.25) is 0 Å².